The summed E-state index contributed by atoms with van der Waals surface area (Å²) in [5, 5.41) is 0. The van der Waals surface area contributed by atoms with Crippen molar-refractivity contribution in [2.24, 2.45) is 0 Å². The molecule has 0 amide bonds. The summed E-state index contributed by atoms with van der Waals surface area (Å²) in [6, 6.07) is 14.4. The average Bonchev–Trinajstić information content (AvgIpc) is 3.06. The first-order chi connectivity index (χ1) is 13.3. The third kappa shape index (κ3) is 4.73. The smallest absolute Gasteiger partial charge is 0.302 e. The van der Waals surface area contributed by atoms with Crippen LogP contribution in [0.4, 0.5) is 0 Å². The Hall–Kier alpha value is -1.91. The lowest BCUT2D eigenvalue weighted by Gasteiger charge is -2.17. The lowest BCUT2D eigenvalue weighted by molar-refractivity contribution is 0.408. The van der Waals surface area contributed by atoms with Gasteiger partial charge in [-0.3, -0.25) is 4.57 Å². The fraction of sp³-hybridized carbons (Fsp3) is 0.250. The predicted molar refractivity (Wildman–Crippen MR) is 117 cm³/mol. The van der Waals surface area contributed by atoms with Gasteiger partial charge in [0.05, 0.1) is 22.8 Å². The van der Waals surface area contributed by atoms with Crippen LogP contribution in [0.25, 0.3) is 0 Å². The van der Waals surface area contributed by atoms with E-state index in [4.69, 9.17) is 4.74 Å². The number of hydrogen-bond acceptors (Lipinski definition) is 4. The van der Waals surface area contributed by atoms with Gasteiger partial charge in [-0.15, -0.1) is 0 Å². The zero-order valence-electron chi connectivity index (χ0n) is 15.9. The first-order valence-corrected chi connectivity index (χ1v) is 11.4. The summed E-state index contributed by atoms with van der Waals surface area (Å²) in [5.41, 5.74) is 1.88. The Kier molecular flexibility index (Phi) is 6.41. The molecule has 0 radical (unpaired) electrons. The van der Waals surface area contributed by atoms with E-state index in [0.717, 1.165) is 14.8 Å². The zero-order valence-corrected chi connectivity index (χ0v) is 18.9. The van der Waals surface area contributed by atoms with Crippen LogP contribution < -0.4 is 9.46 Å². The van der Waals surface area contributed by atoms with Gasteiger partial charge in [-0.25, -0.2) is 18.1 Å². The SMILES string of the molecule is CCn1c(C(C)NS(=O)(=O)c2ccc(I)cc2)cnc1Oc1ccc(C)cc1. The average molecular weight is 511 g/mol. The summed E-state index contributed by atoms with van der Waals surface area (Å²) in [6.45, 7) is 6.37. The van der Waals surface area contributed by atoms with Crippen LogP contribution in [-0.4, -0.2) is 18.0 Å². The molecule has 6 nitrogen and oxygen atoms in total. The van der Waals surface area contributed by atoms with Crippen LogP contribution in [0.2, 0.25) is 0 Å². The normalized spacial score (nSPS) is 12.7. The molecule has 0 fully saturated rings. The van der Waals surface area contributed by atoms with E-state index in [1.165, 1.54) is 0 Å². The van der Waals surface area contributed by atoms with E-state index in [9.17, 15) is 8.42 Å². The Balaban J connectivity index is 1.81. The van der Waals surface area contributed by atoms with Gasteiger partial charge in [0.15, 0.2) is 0 Å². The largest absolute Gasteiger partial charge is 0.426 e. The third-order valence-electron chi connectivity index (χ3n) is 4.30. The summed E-state index contributed by atoms with van der Waals surface area (Å²) in [5.74, 6) is 0.685. The Morgan fingerprint density at radius 3 is 2.39 bits per heavy atom. The van der Waals surface area contributed by atoms with Crippen LogP contribution >= 0.6 is 22.6 Å². The minimum Gasteiger partial charge on any atom is -0.426 e. The van der Waals surface area contributed by atoms with Gasteiger partial charge in [-0.1, -0.05) is 17.7 Å². The maximum Gasteiger partial charge on any atom is 0.302 e. The summed E-state index contributed by atoms with van der Waals surface area (Å²) in [7, 11) is -3.64. The van der Waals surface area contributed by atoms with E-state index in [0.29, 0.717) is 18.3 Å². The van der Waals surface area contributed by atoms with Crippen LogP contribution in [0.5, 0.6) is 11.8 Å². The van der Waals surface area contributed by atoms with Gasteiger partial charge in [0.25, 0.3) is 0 Å². The minimum absolute atomic E-state index is 0.235. The Morgan fingerprint density at radius 2 is 1.79 bits per heavy atom. The van der Waals surface area contributed by atoms with Crippen molar-refractivity contribution in [3.8, 4) is 11.8 Å². The molecule has 8 heteroatoms. The number of rotatable bonds is 7. The molecule has 3 rings (SSSR count). The second-order valence-electron chi connectivity index (χ2n) is 6.42. The summed E-state index contributed by atoms with van der Waals surface area (Å²) < 4.78 is 36.8. The van der Waals surface area contributed by atoms with Crippen molar-refractivity contribution in [2.45, 2.75) is 38.3 Å². The number of aryl methyl sites for hydroxylation is 1. The summed E-state index contributed by atoms with van der Waals surface area (Å²) in [6.07, 6.45) is 1.65. The molecule has 0 aliphatic rings. The van der Waals surface area contributed by atoms with Gasteiger partial charge in [0, 0.05) is 10.1 Å². The number of hydrogen-bond donors (Lipinski definition) is 1. The highest BCUT2D eigenvalue weighted by Gasteiger charge is 2.22. The van der Waals surface area contributed by atoms with E-state index >= 15 is 0 Å². The van der Waals surface area contributed by atoms with Crippen molar-refractivity contribution in [3.63, 3.8) is 0 Å². The number of ether oxygens (including phenoxy) is 1. The van der Waals surface area contributed by atoms with Crippen LogP contribution in [-0.2, 0) is 16.6 Å². The lowest BCUT2D eigenvalue weighted by Crippen LogP contribution is -2.28. The Morgan fingerprint density at radius 1 is 1.14 bits per heavy atom. The van der Waals surface area contributed by atoms with Crippen molar-refractivity contribution in [1.82, 2.24) is 14.3 Å². The highest BCUT2D eigenvalue weighted by molar-refractivity contribution is 14.1. The number of benzene rings is 2. The second-order valence-corrected chi connectivity index (χ2v) is 9.38. The Bertz CT molecular complexity index is 1050. The van der Waals surface area contributed by atoms with Gasteiger partial charge >= 0.3 is 6.01 Å². The minimum atomic E-state index is -3.64. The molecular formula is C20H22IN3O3S. The highest BCUT2D eigenvalue weighted by atomic mass is 127. The molecule has 2 aromatic carbocycles. The molecule has 1 atom stereocenters. The molecule has 0 spiro atoms. The van der Waals surface area contributed by atoms with Crippen molar-refractivity contribution in [3.05, 3.63) is 69.6 Å². The maximum absolute atomic E-state index is 12.7. The predicted octanol–water partition coefficient (Wildman–Crippen LogP) is 4.65. The fourth-order valence-electron chi connectivity index (χ4n) is 2.80. The first-order valence-electron chi connectivity index (χ1n) is 8.88. The molecule has 3 aromatic rings. The molecule has 28 heavy (non-hydrogen) atoms. The summed E-state index contributed by atoms with van der Waals surface area (Å²) >= 11 is 2.14. The van der Waals surface area contributed by atoms with Gasteiger partial charge in [-0.2, -0.15) is 0 Å². The molecule has 1 N–H and O–H groups in total. The number of aromatic nitrogens is 2. The van der Waals surface area contributed by atoms with Crippen molar-refractivity contribution >= 4 is 32.6 Å². The number of nitrogens with one attached hydrogen (secondary N) is 1. The molecule has 1 aromatic heterocycles. The maximum atomic E-state index is 12.7. The van der Waals surface area contributed by atoms with Crippen LogP contribution in [0.15, 0.2) is 59.6 Å². The lowest BCUT2D eigenvalue weighted by atomic mass is 10.2. The molecule has 0 saturated carbocycles. The van der Waals surface area contributed by atoms with E-state index in [1.807, 2.05) is 42.7 Å². The van der Waals surface area contributed by atoms with Crippen LogP contribution in [0.1, 0.15) is 31.1 Å². The highest BCUT2D eigenvalue weighted by Crippen LogP contribution is 2.26. The monoisotopic (exact) mass is 511 g/mol. The molecule has 148 valence electrons. The molecule has 0 aliphatic carbocycles. The number of nitrogens with zero attached hydrogens (tertiary/aromatic N) is 2. The fourth-order valence-corrected chi connectivity index (χ4v) is 4.38. The van der Waals surface area contributed by atoms with Crippen molar-refractivity contribution in [1.29, 1.82) is 0 Å². The first kappa shape index (κ1) is 20.8. The molecular weight excluding hydrogens is 489 g/mol. The van der Waals surface area contributed by atoms with Gasteiger partial charge in [0.2, 0.25) is 10.0 Å². The van der Waals surface area contributed by atoms with Crippen LogP contribution in [0.3, 0.4) is 0 Å². The van der Waals surface area contributed by atoms with Gasteiger partial charge in [0.1, 0.15) is 5.75 Å². The molecule has 0 aliphatic heterocycles. The van der Waals surface area contributed by atoms with E-state index in [-0.39, 0.29) is 4.90 Å². The van der Waals surface area contributed by atoms with Crippen molar-refractivity contribution in [2.75, 3.05) is 0 Å². The summed E-state index contributed by atoms with van der Waals surface area (Å²) in [4.78, 5) is 4.58. The van der Waals surface area contributed by atoms with Crippen LogP contribution in [0, 0.1) is 10.5 Å². The van der Waals surface area contributed by atoms with Crippen molar-refractivity contribution < 1.29 is 13.2 Å². The van der Waals surface area contributed by atoms with E-state index in [1.54, 1.807) is 37.4 Å². The molecule has 0 bridgehead atoms. The topological polar surface area (TPSA) is 73.2 Å². The number of halogens is 1. The molecule has 1 unspecified atom stereocenters. The Labute approximate surface area is 179 Å². The number of sulfonamides is 1. The second kappa shape index (κ2) is 8.62. The zero-order chi connectivity index (χ0) is 20.3. The quantitative estimate of drug-likeness (QED) is 0.469. The van der Waals surface area contributed by atoms with Gasteiger partial charge < -0.3 is 4.74 Å². The molecule has 1 heterocycles. The molecule has 0 saturated heterocycles. The number of imidazole rings is 1. The van der Waals surface area contributed by atoms with E-state index in [2.05, 4.69) is 32.3 Å². The standard InChI is InChI=1S/C20H22IN3O3S/c1-4-24-19(13-22-20(24)27-17-9-5-14(2)6-10-17)15(3)23-28(25,26)18-11-7-16(21)8-12-18/h5-13,15,23H,4H2,1-3H3. The van der Waals surface area contributed by atoms with Gasteiger partial charge in [-0.05, 0) is 79.8 Å². The third-order valence-corrected chi connectivity index (χ3v) is 6.57. The van der Waals surface area contributed by atoms with E-state index < -0.39 is 16.1 Å².